The van der Waals surface area contributed by atoms with E-state index in [1.807, 2.05) is 30.3 Å². The predicted octanol–water partition coefficient (Wildman–Crippen LogP) is 3.74. The number of nitrogens with one attached hydrogen (secondary N) is 1. The molecule has 0 fully saturated rings. The molecule has 10 heteroatoms. The van der Waals surface area contributed by atoms with E-state index in [1.54, 1.807) is 38.1 Å². The second-order valence-corrected chi connectivity index (χ2v) is 11.7. The van der Waals surface area contributed by atoms with Crippen molar-refractivity contribution in [1.82, 2.24) is 9.83 Å². The van der Waals surface area contributed by atoms with Crippen molar-refractivity contribution in [3.05, 3.63) is 72.1 Å². The van der Waals surface area contributed by atoms with Crippen LogP contribution < -0.4 is 5.43 Å². The number of hydrogen-bond acceptors (Lipinski definition) is 6. The van der Waals surface area contributed by atoms with Gasteiger partial charge in [0.25, 0.3) is 5.91 Å². The molecule has 0 aliphatic carbocycles. The number of hydrazone groups is 1. The van der Waals surface area contributed by atoms with Crippen LogP contribution in [0.3, 0.4) is 0 Å². The van der Waals surface area contributed by atoms with Gasteiger partial charge in [0.1, 0.15) is 15.5 Å². The van der Waals surface area contributed by atoms with Gasteiger partial charge in [-0.1, -0.05) is 56.3 Å². The Kier molecular flexibility index (Phi) is 8.06. The zero-order valence-electron chi connectivity index (χ0n) is 19.0. The predicted molar refractivity (Wildman–Crippen MR) is 134 cm³/mol. The van der Waals surface area contributed by atoms with E-state index in [1.165, 1.54) is 22.9 Å². The number of allylic oxidation sites excluding steroid dienone is 1. The number of carbonyl (C=O) groups is 1. The number of benzene rings is 1. The van der Waals surface area contributed by atoms with E-state index in [9.17, 15) is 21.6 Å². The fourth-order valence-corrected chi connectivity index (χ4v) is 7.59. The van der Waals surface area contributed by atoms with Crippen molar-refractivity contribution in [2.24, 2.45) is 5.10 Å². The lowest BCUT2D eigenvalue weighted by atomic mass is 10.2. The molecule has 1 aromatic carbocycles. The van der Waals surface area contributed by atoms with Crippen LogP contribution in [0.4, 0.5) is 0 Å². The van der Waals surface area contributed by atoms with Crippen molar-refractivity contribution in [3.8, 4) is 0 Å². The molecule has 0 saturated heterocycles. The molecule has 3 rings (SSSR count). The highest BCUT2D eigenvalue weighted by molar-refractivity contribution is 7.94. The van der Waals surface area contributed by atoms with E-state index in [-0.39, 0.29) is 34.0 Å². The summed E-state index contributed by atoms with van der Waals surface area (Å²) in [5.74, 6) is -1.35. The first-order valence-electron chi connectivity index (χ1n) is 10.9. The first-order valence-corrected chi connectivity index (χ1v) is 14.2. The highest BCUT2D eigenvalue weighted by Gasteiger charge is 2.36. The molecule has 1 amide bonds. The van der Waals surface area contributed by atoms with Crippen LogP contribution in [0.1, 0.15) is 42.7 Å². The van der Waals surface area contributed by atoms with Crippen molar-refractivity contribution in [2.75, 3.05) is 11.5 Å². The number of rotatable bonds is 10. The molecular weight excluding hydrogens is 474 g/mol. The summed E-state index contributed by atoms with van der Waals surface area (Å²) < 4.78 is 54.0. The Morgan fingerprint density at radius 1 is 0.912 bits per heavy atom. The van der Waals surface area contributed by atoms with Crippen LogP contribution in [0, 0.1) is 0 Å². The molecule has 1 N–H and O–H groups in total. The van der Waals surface area contributed by atoms with Crippen LogP contribution >= 0.6 is 0 Å². The minimum Gasteiger partial charge on any atom is -0.310 e. The molecule has 0 unspecified atom stereocenters. The SMILES string of the molecule is CCCS(=O)(=O)c1c(S(=O)(=O)CCC)c2ccccn2c1C(=O)NN=C/C=C/c1ccccc1. The molecule has 0 atom stereocenters. The molecule has 2 aromatic heterocycles. The number of sulfone groups is 2. The van der Waals surface area contributed by atoms with Crippen molar-refractivity contribution in [1.29, 1.82) is 0 Å². The standard InChI is InChI=1S/C24H27N3O5S2/c1-3-17-33(29,30)22-20-14-8-9-16-27(20)21(23(22)34(31,32)18-4-2)24(28)26-25-15-10-13-19-11-6-5-7-12-19/h5-16H,3-4,17-18H2,1-2H3,(H,26,28)/b13-10+,25-15?. The summed E-state index contributed by atoms with van der Waals surface area (Å²) in [5, 5.41) is 3.88. The van der Waals surface area contributed by atoms with Gasteiger partial charge in [0, 0.05) is 12.4 Å². The smallest absolute Gasteiger partial charge is 0.289 e. The number of amides is 1. The van der Waals surface area contributed by atoms with Gasteiger partial charge in [0.05, 0.1) is 17.0 Å². The Hall–Kier alpha value is -3.24. The first kappa shape index (κ1) is 25.4. The van der Waals surface area contributed by atoms with Crippen molar-refractivity contribution in [3.63, 3.8) is 0 Å². The first-order chi connectivity index (χ1) is 16.2. The third-order valence-corrected chi connectivity index (χ3v) is 9.03. The van der Waals surface area contributed by atoms with E-state index in [2.05, 4.69) is 10.5 Å². The molecule has 0 radical (unpaired) electrons. The largest absolute Gasteiger partial charge is 0.310 e. The second-order valence-electron chi connectivity index (χ2n) is 7.59. The van der Waals surface area contributed by atoms with E-state index in [0.29, 0.717) is 6.42 Å². The number of fused-ring (bicyclic) bond motifs is 1. The molecule has 0 aliphatic heterocycles. The highest BCUT2D eigenvalue weighted by Crippen LogP contribution is 2.34. The van der Waals surface area contributed by atoms with Crippen LogP contribution in [-0.4, -0.2) is 44.9 Å². The molecule has 8 nitrogen and oxygen atoms in total. The van der Waals surface area contributed by atoms with Gasteiger partial charge < -0.3 is 4.40 Å². The van der Waals surface area contributed by atoms with Gasteiger partial charge in [-0.2, -0.15) is 5.10 Å². The third kappa shape index (κ3) is 5.45. The maximum absolute atomic E-state index is 13.2. The summed E-state index contributed by atoms with van der Waals surface area (Å²) in [6.07, 6.45) is 6.81. The summed E-state index contributed by atoms with van der Waals surface area (Å²) in [7, 11) is -8.05. The number of hydrogen-bond donors (Lipinski definition) is 1. The van der Waals surface area contributed by atoms with E-state index in [0.717, 1.165) is 5.56 Å². The molecule has 0 saturated carbocycles. The average molecular weight is 502 g/mol. The molecule has 180 valence electrons. The van der Waals surface area contributed by atoms with Gasteiger partial charge >= 0.3 is 0 Å². The fraction of sp³-hybridized carbons (Fsp3) is 0.250. The van der Waals surface area contributed by atoms with Crippen molar-refractivity contribution < 1.29 is 21.6 Å². The summed E-state index contributed by atoms with van der Waals surface area (Å²) >= 11 is 0. The van der Waals surface area contributed by atoms with Gasteiger partial charge in [-0.25, -0.2) is 22.3 Å². The van der Waals surface area contributed by atoms with Gasteiger partial charge in [-0.15, -0.1) is 0 Å². The van der Waals surface area contributed by atoms with Gasteiger partial charge in [-0.3, -0.25) is 4.79 Å². The molecular formula is C24H27N3O5S2. The van der Waals surface area contributed by atoms with Crippen LogP contribution in [0.25, 0.3) is 11.6 Å². The monoisotopic (exact) mass is 501 g/mol. The molecule has 0 spiro atoms. The van der Waals surface area contributed by atoms with Gasteiger partial charge in [-0.05, 0) is 36.6 Å². The van der Waals surface area contributed by atoms with Gasteiger partial charge in [0.15, 0.2) is 19.7 Å². The summed E-state index contributed by atoms with van der Waals surface area (Å²) in [6, 6.07) is 14.2. The Labute approximate surface area is 199 Å². The number of nitrogens with zero attached hydrogens (tertiary/aromatic N) is 2. The van der Waals surface area contributed by atoms with Crippen LogP contribution in [-0.2, 0) is 19.7 Å². The van der Waals surface area contributed by atoms with Crippen molar-refractivity contribution >= 4 is 43.4 Å². The second kappa shape index (κ2) is 10.8. The average Bonchev–Trinajstić information content (AvgIpc) is 3.17. The minimum atomic E-state index is -4.08. The van der Waals surface area contributed by atoms with Gasteiger partial charge in [0.2, 0.25) is 0 Å². The zero-order valence-corrected chi connectivity index (χ0v) is 20.6. The van der Waals surface area contributed by atoms with Crippen molar-refractivity contribution in [2.45, 2.75) is 36.5 Å². The number of aromatic nitrogens is 1. The van der Waals surface area contributed by atoms with Crippen LogP contribution in [0.5, 0.6) is 0 Å². The van der Waals surface area contributed by atoms with Crippen LogP contribution in [0.15, 0.2) is 75.7 Å². The third-order valence-electron chi connectivity index (χ3n) is 4.95. The quantitative estimate of drug-likeness (QED) is 0.336. The molecule has 3 aromatic rings. The Morgan fingerprint density at radius 3 is 2.18 bits per heavy atom. The Balaban J connectivity index is 2.10. The summed E-state index contributed by atoms with van der Waals surface area (Å²) in [5.41, 5.74) is 3.14. The summed E-state index contributed by atoms with van der Waals surface area (Å²) in [6.45, 7) is 3.37. The van der Waals surface area contributed by atoms with E-state index in [4.69, 9.17) is 0 Å². The molecule has 34 heavy (non-hydrogen) atoms. The zero-order chi connectivity index (χ0) is 24.8. The minimum absolute atomic E-state index is 0.142. The Bertz CT molecular complexity index is 1440. The molecule has 0 bridgehead atoms. The summed E-state index contributed by atoms with van der Waals surface area (Å²) in [4.78, 5) is 12.3. The highest BCUT2D eigenvalue weighted by atomic mass is 32.2. The Morgan fingerprint density at radius 2 is 1.53 bits per heavy atom. The number of carbonyl (C=O) groups excluding carboxylic acids is 1. The topological polar surface area (TPSA) is 114 Å². The van der Waals surface area contributed by atoms with E-state index >= 15 is 0 Å². The number of pyridine rings is 1. The molecule has 0 aliphatic rings. The lowest BCUT2D eigenvalue weighted by Crippen LogP contribution is -2.23. The normalized spacial score (nSPS) is 12.6. The lowest BCUT2D eigenvalue weighted by molar-refractivity contribution is 0.0945. The van der Waals surface area contributed by atoms with Crippen LogP contribution in [0.2, 0.25) is 0 Å². The lowest BCUT2D eigenvalue weighted by Gasteiger charge is -2.08. The maximum Gasteiger partial charge on any atom is 0.289 e. The molecule has 2 heterocycles. The maximum atomic E-state index is 13.2. The fourth-order valence-electron chi connectivity index (χ4n) is 3.61. The van der Waals surface area contributed by atoms with E-state index < -0.39 is 30.5 Å².